The summed E-state index contributed by atoms with van der Waals surface area (Å²) < 4.78 is 5.41. The highest BCUT2D eigenvalue weighted by molar-refractivity contribution is 5.78. The van der Waals surface area contributed by atoms with Crippen LogP contribution in [0.2, 0.25) is 0 Å². The molecule has 0 saturated carbocycles. The van der Waals surface area contributed by atoms with Crippen molar-refractivity contribution in [2.45, 2.75) is 52.5 Å². The standard InChI is InChI=1S/C13H25NO2/c1-4-5-6-11(2)13(15)14-8-10-16-9-7-12(14)3/h11-12H,4-10H2,1-3H3. The second-order valence-electron chi connectivity index (χ2n) is 4.82. The zero-order chi connectivity index (χ0) is 12.0. The normalized spacial score (nSPS) is 23.9. The summed E-state index contributed by atoms with van der Waals surface area (Å²) in [6, 6.07) is 0.332. The van der Waals surface area contributed by atoms with E-state index in [4.69, 9.17) is 4.74 Å². The van der Waals surface area contributed by atoms with Gasteiger partial charge in [0.2, 0.25) is 5.91 Å². The Kier molecular flexibility index (Phi) is 5.81. The lowest BCUT2D eigenvalue weighted by Gasteiger charge is -2.29. The average molecular weight is 227 g/mol. The molecule has 0 aliphatic carbocycles. The Labute approximate surface area is 99.1 Å². The molecule has 1 amide bonds. The van der Waals surface area contributed by atoms with Crippen LogP contribution in [0.3, 0.4) is 0 Å². The predicted octanol–water partition coefficient (Wildman–Crippen LogP) is 2.45. The van der Waals surface area contributed by atoms with E-state index in [9.17, 15) is 4.79 Å². The number of amides is 1. The molecule has 0 spiro atoms. The molecule has 1 saturated heterocycles. The summed E-state index contributed by atoms with van der Waals surface area (Å²) >= 11 is 0. The summed E-state index contributed by atoms with van der Waals surface area (Å²) in [7, 11) is 0. The Morgan fingerprint density at radius 3 is 2.94 bits per heavy atom. The van der Waals surface area contributed by atoms with Gasteiger partial charge in [0.05, 0.1) is 6.61 Å². The van der Waals surface area contributed by atoms with E-state index >= 15 is 0 Å². The van der Waals surface area contributed by atoms with Gasteiger partial charge in [-0.2, -0.15) is 0 Å². The van der Waals surface area contributed by atoms with Crippen LogP contribution < -0.4 is 0 Å². The Morgan fingerprint density at radius 1 is 1.50 bits per heavy atom. The third-order valence-electron chi connectivity index (χ3n) is 3.38. The van der Waals surface area contributed by atoms with Crippen LogP contribution >= 0.6 is 0 Å². The van der Waals surface area contributed by atoms with Gasteiger partial charge in [-0.25, -0.2) is 0 Å². The number of ether oxygens (including phenoxy) is 1. The van der Waals surface area contributed by atoms with Gasteiger partial charge >= 0.3 is 0 Å². The van der Waals surface area contributed by atoms with Crippen LogP contribution in [-0.2, 0) is 9.53 Å². The van der Waals surface area contributed by atoms with Gasteiger partial charge in [0.15, 0.2) is 0 Å². The number of nitrogens with zero attached hydrogens (tertiary/aromatic N) is 1. The van der Waals surface area contributed by atoms with Crippen LogP contribution in [0.25, 0.3) is 0 Å². The Hall–Kier alpha value is -0.570. The maximum absolute atomic E-state index is 12.2. The zero-order valence-electron chi connectivity index (χ0n) is 10.9. The number of rotatable bonds is 4. The van der Waals surface area contributed by atoms with Crippen LogP contribution in [0.1, 0.15) is 46.5 Å². The lowest BCUT2D eigenvalue weighted by Crippen LogP contribution is -2.42. The smallest absolute Gasteiger partial charge is 0.225 e. The Bertz CT molecular complexity index is 218. The SMILES string of the molecule is CCCCC(C)C(=O)N1CCOCCC1C. The monoisotopic (exact) mass is 227 g/mol. The molecule has 1 aliphatic rings. The van der Waals surface area contributed by atoms with Gasteiger partial charge in [0, 0.05) is 25.1 Å². The molecule has 1 rings (SSSR count). The van der Waals surface area contributed by atoms with E-state index in [0.29, 0.717) is 18.6 Å². The topological polar surface area (TPSA) is 29.5 Å². The molecule has 0 aromatic rings. The van der Waals surface area contributed by atoms with Gasteiger partial charge in [0.25, 0.3) is 0 Å². The van der Waals surface area contributed by atoms with Gasteiger partial charge in [-0.1, -0.05) is 26.7 Å². The van der Waals surface area contributed by atoms with Crippen molar-refractivity contribution in [1.29, 1.82) is 0 Å². The molecule has 0 aromatic heterocycles. The lowest BCUT2D eigenvalue weighted by atomic mass is 10.0. The average Bonchev–Trinajstić information content (AvgIpc) is 2.49. The summed E-state index contributed by atoms with van der Waals surface area (Å²) in [6.45, 7) is 8.58. The molecule has 2 atom stereocenters. The second-order valence-corrected chi connectivity index (χ2v) is 4.82. The third-order valence-corrected chi connectivity index (χ3v) is 3.38. The molecule has 16 heavy (non-hydrogen) atoms. The third kappa shape index (κ3) is 3.78. The fourth-order valence-corrected chi connectivity index (χ4v) is 2.14. The van der Waals surface area contributed by atoms with Crippen LogP contribution in [-0.4, -0.2) is 36.6 Å². The zero-order valence-corrected chi connectivity index (χ0v) is 10.9. The maximum Gasteiger partial charge on any atom is 0.225 e. The molecule has 0 N–H and O–H groups in total. The highest BCUT2D eigenvalue weighted by Gasteiger charge is 2.25. The fourth-order valence-electron chi connectivity index (χ4n) is 2.14. The van der Waals surface area contributed by atoms with Crippen molar-refractivity contribution in [3.8, 4) is 0 Å². The molecule has 0 bridgehead atoms. The quantitative estimate of drug-likeness (QED) is 0.738. The molecule has 1 aliphatic heterocycles. The molecular weight excluding hydrogens is 202 g/mol. The van der Waals surface area contributed by atoms with Crippen molar-refractivity contribution >= 4 is 5.91 Å². The van der Waals surface area contributed by atoms with E-state index in [-0.39, 0.29) is 5.92 Å². The summed E-state index contributed by atoms with van der Waals surface area (Å²) in [4.78, 5) is 14.2. The van der Waals surface area contributed by atoms with Crippen molar-refractivity contribution in [1.82, 2.24) is 4.90 Å². The first-order valence-corrected chi connectivity index (χ1v) is 6.55. The minimum Gasteiger partial charge on any atom is -0.380 e. The molecule has 94 valence electrons. The van der Waals surface area contributed by atoms with Crippen molar-refractivity contribution < 1.29 is 9.53 Å². The predicted molar refractivity (Wildman–Crippen MR) is 65.3 cm³/mol. The van der Waals surface area contributed by atoms with Gasteiger partial charge < -0.3 is 9.64 Å². The Morgan fingerprint density at radius 2 is 2.25 bits per heavy atom. The Balaban J connectivity index is 2.49. The van der Waals surface area contributed by atoms with Crippen LogP contribution in [0, 0.1) is 5.92 Å². The number of carbonyl (C=O) groups is 1. The fraction of sp³-hybridized carbons (Fsp3) is 0.923. The summed E-state index contributed by atoms with van der Waals surface area (Å²) in [5.41, 5.74) is 0. The first-order chi connectivity index (χ1) is 7.66. The van der Waals surface area contributed by atoms with Crippen LogP contribution in [0.15, 0.2) is 0 Å². The van der Waals surface area contributed by atoms with E-state index in [2.05, 4.69) is 20.8 Å². The maximum atomic E-state index is 12.2. The molecule has 0 aromatic carbocycles. The lowest BCUT2D eigenvalue weighted by molar-refractivity contribution is -0.137. The van der Waals surface area contributed by atoms with Gasteiger partial charge in [-0.15, -0.1) is 0 Å². The number of unbranched alkanes of at least 4 members (excludes halogenated alkanes) is 1. The first-order valence-electron chi connectivity index (χ1n) is 6.55. The van der Waals surface area contributed by atoms with Gasteiger partial charge in [-0.3, -0.25) is 4.79 Å². The van der Waals surface area contributed by atoms with Crippen molar-refractivity contribution in [2.75, 3.05) is 19.8 Å². The van der Waals surface area contributed by atoms with E-state index < -0.39 is 0 Å². The van der Waals surface area contributed by atoms with E-state index in [1.165, 1.54) is 0 Å². The van der Waals surface area contributed by atoms with Crippen LogP contribution in [0.5, 0.6) is 0 Å². The van der Waals surface area contributed by atoms with Crippen LogP contribution in [0.4, 0.5) is 0 Å². The number of hydrogen-bond acceptors (Lipinski definition) is 2. The minimum atomic E-state index is 0.167. The van der Waals surface area contributed by atoms with Crippen molar-refractivity contribution in [2.24, 2.45) is 5.92 Å². The molecule has 1 fully saturated rings. The van der Waals surface area contributed by atoms with Crippen molar-refractivity contribution in [3.05, 3.63) is 0 Å². The molecule has 3 heteroatoms. The van der Waals surface area contributed by atoms with E-state index in [1.54, 1.807) is 0 Å². The summed E-state index contributed by atoms with van der Waals surface area (Å²) in [5.74, 6) is 0.479. The van der Waals surface area contributed by atoms with Gasteiger partial charge in [-0.05, 0) is 19.8 Å². The van der Waals surface area contributed by atoms with Gasteiger partial charge in [0.1, 0.15) is 0 Å². The summed E-state index contributed by atoms with van der Waals surface area (Å²) in [6.07, 6.45) is 4.29. The number of carbonyl (C=O) groups excluding carboxylic acids is 1. The first kappa shape index (κ1) is 13.5. The summed E-state index contributed by atoms with van der Waals surface area (Å²) in [5, 5.41) is 0. The number of hydrogen-bond donors (Lipinski definition) is 0. The molecule has 0 radical (unpaired) electrons. The van der Waals surface area contributed by atoms with E-state index in [1.807, 2.05) is 4.90 Å². The largest absolute Gasteiger partial charge is 0.380 e. The highest BCUT2D eigenvalue weighted by Crippen LogP contribution is 2.16. The highest BCUT2D eigenvalue weighted by atomic mass is 16.5. The second kappa shape index (κ2) is 6.89. The molecule has 3 nitrogen and oxygen atoms in total. The molecular formula is C13H25NO2. The van der Waals surface area contributed by atoms with Crippen molar-refractivity contribution in [3.63, 3.8) is 0 Å². The molecule has 2 unspecified atom stereocenters. The van der Waals surface area contributed by atoms with E-state index in [0.717, 1.165) is 38.8 Å². The molecule has 1 heterocycles. The minimum absolute atomic E-state index is 0.167.